The Morgan fingerprint density at radius 2 is 1.24 bits per heavy atom. The molecule has 0 spiro atoms. The first-order chi connectivity index (χ1) is 9.41. The number of unbranched alkanes of at least 4 members (excludes halogenated alkanes) is 9. The third-order valence-electron chi connectivity index (χ3n) is 2.73. The molecule has 0 aliphatic carbocycles. The van der Waals surface area contributed by atoms with Gasteiger partial charge in [-0.05, 0) is 6.42 Å². The summed E-state index contributed by atoms with van der Waals surface area (Å²) in [6.07, 6.45) is 15.3. The van der Waals surface area contributed by atoms with Crippen molar-refractivity contribution in [3.63, 3.8) is 0 Å². The molecule has 21 heavy (non-hydrogen) atoms. The zero-order valence-corrected chi connectivity index (χ0v) is 13.6. The molecule has 0 aromatic carbocycles. The molecule has 0 radical (unpaired) electrons. The standard InChI is InChI=1S/C14H28O.K.H3O4P.H/c1-3-5-6-7-8-9-10-11-12-13-14-15-4-2;;1-5(2,3)4;/h4H,2-3,5-14H2,1H3;;(H3,1,2,3,4);. The summed E-state index contributed by atoms with van der Waals surface area (Å²) in [7, 11) is -4.64. The topological polar surface area (TPSA) is 87.0 Å². The maximum absolute atomic E-state index is 8.88. The van der Waals surface area contributed by atoms with E-state index in [0.29, 0.717) is 0 Å². The van der Waals surface area contributed by atoms with E-state index in [4.69, 9.17) is 24.0 Å². The van der Waals surface area contributed by atoms with Gasteiger partial charge in [0.15, 0.2) is 0 Å². The average molecular weight is 350 g/mol. The van der Waals surface area contributed by atoms with E-state index in [2.05, 4.69) is 13.5 Å². The molecule has 0 saturated heterocycles. The van der Waals surface area contributed by atoms with Crippen molar-refractivity contribution in [3.05, 3.63) is 12.8 Å². The van der Waals surface area contributed by atoms with Crippen molar-refractivity contribution in [1.29, 1.82) is 0 Å². The van der Waals surface area contributed by atoms with E-state index in [0.717, 1.165) is 6.61 Å². The monoisotopic (exact) mass is 350 g/mol. The molecule has 3 N–H and O–H groups in total. The molecule has 0 aromatic heterocycles. The molecule has 0 unspecified atom stereocenters. The molecule has 0 bridgehead atoms. The first kappa shape index (κ1) is 27.1. The fraction of sp³-hybridized carbons (Fsp3) is 0.857. The quantitative estimate of drug-likeness (QED) is 0.217. The second-order valence-corrected chi connectivity index (χ2v) is 5.76. The average Bonchev–Trinajstić information content (AvgIpc) is 2.34. The molecule has 0 saturated carbocycles. The molecule has 7 heteroatoms. The zero-order chi connectivity index (χ0) is 15.7. The van der Waals surface area contributed by atoms with Crippen LogP contribution in [0, 0.1) is 0 Å². The number of phosphoric acid groups is 1. The van der Waals surface area contributed by atoms with Gasteiger partial charge >= 0.3 is 59.2 Å². The second-order valence-electron chi connectivity index (χ2n) is 4.73. The van der Waals surface area contributed by atoms with Gasteiger partial charge in [0.1, 0.15) is 0 Å². The Labute approximate surface area is 172 Å². The minimum atomic E-state index is -4.64. The van der Waals surface area contributed by atoms with Gasteiger partial charge in [0.2, 0.25) is 0 Å². The molecular formula is C14H32KO5P. The molecule has 5 nitrogen and oxygen atoms in total. The minimum absolute atomic E-state index is 0. The second kappa shape index (κ2) is 21.3. The van der Waals surface area contributed by atoms with E-state index in [1.54, 1.807) is 0 Å². The summed E-state index contributed by atoms with van der Waals surface area (Å²) >= 11 is 0. The van der Waals surface area contributed by atoms with Gasteiger partial charge < -0.3 is 19.4 Å². The molecule has 124 valence electrons. The summed E-state index contributed by atoms with van der Waals surface area (Å²) in [6, 6.07) is 0. The Bertz CT molecular complexity index is 237. The van der Waals surface area contributed by atoms with E-state index < -0.39 is 7.82 Å². The molecule has 0 aromatic rings. The molecule has 0 aliphatic heterocycles. The van der Waals surface area contributed by atoms with Gasteiger partial charge in [-0.25, -0.2) is 4.57 Å². The van der Waals surface area contributed by atoms with Crippen molar-refractivity contribution < 1.29 is 24.0 Å². The van der Waals surface area contributed by atoms with Gasteiger partial charge in [0, 0.05) is 0 Å². The van der Waals surface area contributed by atoms with Crippen LogP contribution in [0.25, 0.3) is 0 Å². The molecule has 0 atom stereocenters. The molecule has 0 fully saturated rings. The van der Waals surface area contributed by atoms with Crippen LogP contribution in [0.4, 0.5) is 0 Å². The first-order valence-electron chi connectivity index (χ1n) is 7.42. The van der Waals surface area contributed by atoms with Crippen molar-refractivity contribution in [1.82, 2.24) is 0 Å². The Balaban J connectivity index is -0.000000465. The summed E-state index contributed by atoms with van der Waals surface area (Å²) in [4.78, 5) is 21.6. The predicted octanol–water partition coefficient (Wildman–Crippen LogP) is 3.49. The van der Waals surface area contributed by atoms with E-state index in [-0.39, 0.29) is 51.4 Å². The molecule has 0 heterocycles. The van der Waals surface area contributed by atoms with Crippen LogP contribution >= 0.6 is 7.82 Å². The number of rotatable bonds is 12. The van der Waals surface area contributed by atoms with Crippen LogP contribution in [0.1, 0.15) is 71.1 Å². The van der Waals surface area contributed by atoms with Gasteiger partial charge in [-0.15, -0.1) is 0 Å². The zero-order valence-electron chi connectivity index (χ0n) is 12.7. The van der Waals surface area contributed by atoms with Crippen molar-refractivity contribution in [2.75, 3.05) is 6.61 Å². The Hall–Kier alpha value is 1.29. The summed E-state index contributed by atoms with van der Waals surface area (Å²) < 4.78 is 14.0. The summed E-state index contributed by atoms with van der Waals surface area (Å²) in [5.41, 5.74) is 0. The van der Waals surface area contributed by atoms with Crippen LogP contribution in [-0.2, 0) is 9.30 Å². The van der Waals surface area contributed by atoms with Crippen LogP contribution in [0.15, 0.2) is 12.8 Å². The maximum atomic E-state index is 8.88. The number of hydrogen-bond donors (Lipinski definition) is 3. The molecular weight excluding hydrogens is 318 g/mol. The Morgan fingerprint density at radius 3 is 1.57 bits per heavy atom. The van der Waals surface area contributed by atoms with Crippen LogP contribution in [0.2, 0.25) is 0 Å². The Morgan fingerprint density at radius 1 is 0.905 bits per heavy atom. The fourth-order valence-electron chi connectivity index (χ4n) is 1.76. The summed E-state index contributed by atoms with van der Waals surface area (Å²) in [5, 5.41) is 0. The summed E-state index contributed by atoms with van der Waals surface area (Å²) in [6.45, 7) is 6.64. The van der Waals surface area contributed by atoms with Gasteiger partial charge in [-0.3, -0.25) is 0 Å². The van der Waals surface area contributed by atoms with Gasteiger partial charge in [-0.1, -0.05) is 71.3 Å². The number of ether oxygens (including phenoxy) is 1. The van der Waals surface area contributed by atoms with E-state index in [9.17, 15) is 0 Å². The van der Waals surface area contributed by atoms with Crippen LogP contribution in [0.5, 0.6) is 0 Å². The number of hydrogen-bond acceptors (Lipinski definition) is 2. The van der Waals surface area contributed by atoms with Crippen LogP contribution in [-0.4, -0.2) is 72.7 Å². The van der Waals surface area contributed by atoms with E-state index in [1.807, 2.05) is 0 Å². The Kier molecular flexibility index (Phi) is 27.5. The fourth-order valence-corrected chi connectivity index (χ4v) is 1.76. The predicted molar refractivity (Wildman–Crippen MR) is 89.4 cm³/mol. The van der Waals surface area contributed by atoms with Crippen molar-refractivity contribution in [3.8, 4) is 0 Å². The van der Waals surface area contributed by atoms with E-state index >= 15 is 0 Å². The van der Waals surface area contributed by atoms with Gasteiger partial charge in [0.05, 0.1) is 12.9 Å². The van der Waals surface area contributed by atoms with Crippen molar-refractivity contribution >= 4 is 59.2 Å². The van der Waals surface area contributed by atoms with Crippen molar-refractivity contribution in [2.24, 2.45) is 0 Å². The van der Waals surface area contributed by atoms with Gasteiger partial charge in [0.25, 0.3) is 0 Å². The third kappa shape index (κ3) is 44.9. The molecule has 0 aliphatic rings. The van der Waals surface area contributed by atoms with Crippen molar-refractivity contribution in [2.45, 2.75) is 71.1 Å². The SMILES string of the molecule is C=COCCCCCCCCCCCC.O=P(O)(O)O.[KH]. The molecule has 0 amide bonds. The van der Waals surface area contributed by atoms with Gasteiger partial charge in [-0.2, -0.15) is 0 Å². The third-order valence-corrected chi connectivity index (χ3v) is 2.73. The molecule has 0 rings (SSSR count). The van der Waals surface area contributed by atoms with E-state index in [1.165, 1.54) is 70.5 Å². The first-order valence-corrected chi connectivity index (χ1v) is 8.99. The summed E-state index contributed by atoms with van der Waals surface area (Å²) in [5.74, 6) is 0. The van der Waals surface area contributed by atoms with Crippen LogP contribution < -0.4 is 0 Å². The van der Waals surface area contributed by atoms with Crippen LogP contribution in [0.3, 0.4) is 0 Å². The normalized spacial score (nSPS) is 10.1.